The van der Waals surface area contributed by atoms with Gasteiger partial charge in [0, 0.05) is 39.5 Å². The fourth-order valence-corrected chi connectivity index (χ4v) is 13.9. The minimum atomic E-state index is -0.190. The van der Waals surface area contributed by atoms with E-state index in [2.05, 4.69) is 334 Å². The number of hydrogen-bond donors (Lipinski definition) is 0. The molecule has 0 amide bonds. The van der Waals surface area contributed by atoms with E-state index < -0.39 is 0 Å². The summed E-state index contributed by atoms with van der Waals surface area (Å²) >= 11 is 0. The fourth-order valence-electron chi connectivity index (χ4n) is 13.9. The van der Waals surface area contributed by atoms with E-state index in [1.165, 1.54) is 120 Å². The smallest absolute Gasteiger partial charge is 0.0468 e. The summed E-state index contributed by atoms with van der Waals surface area (Å²) in [7, 11) is 0. The summed E-state index contributed by atoms with van der Waals surface area (Å²) in [5.74, 6) is 0. The Morgan fingerprint density at radius 1 is 0.267 bits per heavy atom. The van der Waals surface area contributed by atoms with Gasteiger partial charge in [0.2, 0.25) is 0 Å². The molecule has 0 aliphatic heterocycles. The van der Waals surface area contributed by atoms with Crippen LogP contribution < -0.4 is 9.80 Å². The highest BCUT2D eigenvalue weighted by molar-refractivity contribution is 6.29. The quantitative estimate of drug-likeness (QED) is 0.0807. The molecule has 0 N–H and O–H groups in total. The fraction of sp³-hybridized carbons (Fsp3) is 0.0476. The number of allylic oxidation sites excluding steroid dienone is 1. The van der Waals surface area contributed by atoms with Gasteiger partial charge >= 0.3 is 0 Å². The van der Waals surface area contributed by atoms with Gasteiger partial charge in [0.05, 0.1) is 0 Å². The number of hydrogen-bond acceptors (Lipinski definition) is 2. The van der Waals surface area contributed by atoms with Crippen molar-refractivity contribution < 1.29 is 0 Å². The van der Waals surface area contributed by atoms with Gasteiger partial charge in [0.1, 0.15) is 0 Å². The van der Waals surface area contributed by atoms with Gasteiger partial charge in [-0.25, -0.2) is 0 Å². The second kappa shape index (κ2) is 21.4. The summed E-state index contributed by atoms with van der Waals surface area (Å²) in [5, 5.41) is 14.6. The number of rotatable bonds is 9. The molecule has 15 aromatic carbocycles. The molecule has 2 nitrogen and oxygen atoms in total. The van der Waals surface area contributed by atoms with Gasteiger partial charge in [-0.1, -0.05) is 238 Å². The molecular weight excluding hydrogens is 1040 g/mol. The van der Waals surface area contributed by atoms with E-state index in [0.29, 0.717) is 0 Å². The predicted octanol–water partition coefficient (Wildman–Crippen LogP) is 24.0. The van der Waals surface area contributed by atoms with Crippen molar-refractivity contribution in [3.05, 3.63) is 327 Å². The van der Waals surface area contributed by atoms with E-state index in [1.807, 2.05) is 6.92 Å². The first-order chi connectivity index (χ1) is 42.4. The van der Waals surface area contributed by atoms with Crippen molar-refractivity contribution in [3.63, 3.8) is 0 Å². The summed E-state index contributed by atoms with van der Waals surface area (Å²) in [4.78, 5) is 4.89. The predicted molar refractivity (Wildman–Crippen MR) is 371 cm³/mol. The van der Waals surface area contributed by atoms with Gasteiger partial charge in [-0.05, 0) is 212 Å². The number of benzene rings is 15. The van der Waals surface area contributed by atoms with Crippen LogP contribution in [0.4, 0.5) is 34.1 Å². The van der Waals surface area contributed by atoms with Gasteiger partial charge in [0.25, 0.3) is 0 Å². The summed E-state index contributed by atoms with van der Waals surface area (Å²) in [6, 6.07) is 113. The van der Waals surface area contributed by atoms with Gasteiger partial charge in [-0.3, -0.25) is 0 Å². The lowest BCUT2D eigenvalue weighted by atomic mass is 9.81. The Bertz CT molecular complexity index is 5060. The van der Waals surface area contributed by atoms with Gasteiger partial charge in [0.15, 0.2) is 0 Å². The molecule has 2 heteroatoms. The lowest BCUT2D eigenvalue weighted by molar-refractivity contribution is 0.660. The van der Waals surface area contributed by atoms with E-state index >= 15 is 0 Å². The monoisotopic (exact) mass is 1100 g/mol. The second-order valence-electron chi connectivity index (χ2n) is 23.2. The van der Waals surface area contributed by atoms with Crippen LogP contribution >= 0.6 is 0 Å². The maximum atomic E-state index is 3.36. The second-order valence-corrected chi connectivity index (χ2v) is 23.2. The molecule has 15 aromatic rings. The summed E-state index contributed by atoms with van der Waals surface area (Å²) < 4.78 is 0. The number of anilines is 6. The van der Waals surface area contributed by atoms with Crippen molar-refractivity contribution >= 4 is 98.8 Å². The maximum Gasteiger partial charge on any atom is 0.0468 e. The average molecular weight is 1100 g/mol. The molecule has 0 aromatic heterocycles. The van der Waals surface area contributed by atoms with E-state index in [0.717, 1.165) is 34.1 Å². The topological polar surface area (TPSA) is 6.48 Å². The van der Waals surface area contributed by atoms with Crippen LogP contribution in [0, 0.1) is 0 Å². The Kier molecular flexibility index (Phi) is 13.0. The third-order valence-corrected chi connectivity index (χ3v) is 17.8. The number of para-hydroxylation sites is 2. The summed E-state index contributed by atoms with van der Waals surface area (Å²) in [6.07, 6.45) is 1.75. The van der Waals surface area contributed by atoms with Crippen molar-refractivity contribution in [3.8, 4) is 44.5 Å². The molecule has 0 saturated heterocycles. The lowest BCUT2D eigenvalue weighted by Crippen LogP contribution is -2.16. The highest BCUT2D eigenvalue weighted by atomic mass is 15.1. The van der Waals surface area contributed by atoms with Crippen LogP contribution in [-0.2, 0) is 5.41 Å². The molecule has 0 bridgehead atoms. The van der Waals surface area contributed by atoms with Gasteiger partial charge in [-0.15, -0.1) is 6.58 Å². The SMILES string of the molecule is C=CC.CC1(C)c2ccccc2-c2ccc(N(c3ccc(-c4ccccc4)cc3)c3ccc4c(-c5cc6ccccc6c6ccccc56)c5cc(N(c6ccccc6)c6ccccc6)ccc5c(-c5cc6ccccc6c6ccccc56)c4c3)cc21. The minimum absolute atomic E-state index is 0.190. The van der Waals surface area contributed by atoms with Crippen molar-refractivity contribution in [2.24, 2.45) is 0 Å². The Labute approximate surface area is 503 Å². The molecule has 0 atom stereocenters. The zero-order valence-electron chi connectivity index (χ0n) is 48.5. The molecule has 16 rings (SSSR count). The van der Waals surface area contributed by atoms with Crippen LogP contribution in [0.1, 0.15) is 31.9 Å². The Balaban J connectivity index is 0.00000204. The number of nitrogens with zero attached hydrogens (tertiary/aromatic N) is 2. The van der Waals surface area contributed by atoms with E-state index in [9.17, 15) is 0 Å². The first-order valence-corrected chi connectivity index (χ1v) is 29.9. The maximum absolute atomic E-state index is 3.36. The normalized spacial score (nSPS) is 12.3. The molecule has 0 unspecified atom stereocenters. The van der Waals surface area contributed by atoms with Crippen LogP contribution in [0.25, 0.3) is 109 Å². The van der Waals surface area contributed by atoms with Crippen molar-refractivity contribution in [2.45, 2.75) is 26.2 Å². The molecule has 0 heterocycles. The van der Waals surface area contributed by atoms with Crippen LogP contribution in [0.2, 0.25) is 0 Å². The van der Waals surface area contributed by atoms with E-state index in [1.54, 1.807) is 6.08 Å². The largest absolute Gasteiger partial charge is 0.310 e. The standard InChI is InChI=1S/C81H56N2.C3H6/c1-81(2)77-37-21-20-36-69(77)70-45-42-62(52-78(70)81)83(59-40-38-54(39-41-59)53-22-6-3-7-23-53)61-44-47-72-76(51-61)80(74-49-56-25-13-15-31-64(56)66-33-17-19-35-68(66)74)71-46-43-60(82(57-26-8-4-9-27-57)58-28-10-5-11-29-58)50-75(71)79(72)73-48-55-24-12-14-30-63(55)65-32-16-18-34-67(65)73;1-3-2/h3-52H,1-2H3;3H,1H2,2H3. The Hall–Kier alpha value is -10.8. The third kappa shape index (κ3) is 8.72. The van der Waals surface area contributed by atoms with Crippen molar-refractivity contribution in [1.29, 1.82) is 0 Å². The van der Waals surface area contributed by atoms with E-state index in [-0.39, 0.29) is 5.41 Å². The Morgan fingerprint density at radius 3 is 1.15 bits per heavy atom. The summed E-state index contributed by atoms with van der Waals surface area (Å²) in [5.41, 5.74) is 18.9. The first-order valence-electron chi connectivity index (χ1n) is 29.9. The first kappa shape index (κ1) is 52.0. The van der Waals surface area contributed by atoms with Crippen LogP contribution in [0.15, 0.2) is 316 Å². The molecule has 408 valence electrons. The molecular formula is C84H62N2. The van der Waals surface area contributed by atoms with E-state index in [4.69, 9.17) is 0 Å². The zero-order valence-corrected chi connectivity index (χ0v) is 48.5. The third-order valence-electron chi connectivity index (χ3n) is 17.8. The zero-order chi connectivity index (χ0) is 57.9. The van der Waals surface area contributed by atoms with Crippen LogP contribution in [0.5, 0.6) is 0 Å². The Morgan fingerprint density at radius 2 is 0.628 bits per heavy atom. The summed E-state index contributed by atoms with van der Waals surface area (Å²) in [6.45, 7) is 10.0. The highest BCUT2D eigenvalue weighted by Gasteiger charge is 2.36. The molecule has 86 heavy (non-hydrogen) atoms. The van der Waals surface area contributed by atoms with Crippen LogP contribution in [-0.4, -0.2) is 0 Å². The van der Waals surface area contributed by atoms with Crippen LogP contribution in [0.3, 0.4) is 0 Å². The molecule has 1 aliphatic rings. The van der Waals surface area contributed by atoms with Crippen molar-refractivity contribution in [1.82, 2.24) is 0 Å². The molecule has 0 spiro atoms. The molecule has 0 fully saturated rings. The molecule has 1 aliphatic carbocycles. The minimum Gasteiger partial charge on any atom is -0.310 e. The van der Waals surface area contributed by atoms with Crippen molar-refractivity contribution in [2.75, 3.05) is 9.80 Å². The molecule has 0 saturated carbocycles. The lowest BCUT2D eigenvalue weighted by Gasteiger charge is -2.29. The van der Waals surface area contributed by atoms with Gasteiger partial charge in [-0.2, -0.15) is 0 Å². The highest BCUT2D eigenvalue weighted by Crippen LogP contribution is 2.54. The number of fused-ring (bicyclic) bond motifs is 11. The van der Waals surface area contributed by atoms with Gasteiger partial charge < -0.3 is 9.80 Å². The molecule has 0 radical (unpaired) electrons. The average Bonchev–Trinajstić information content (AvgIpc) is 1.29.